The number of alkyl halides is 4. The number of benzene rings is 2. The summed E-state index contributed by atoms with van der Waals surface area (Å²) in [5, 5.41) is 7.88. The maximum absolute atomic E-state index is 14.7. The molecule has 0 unspecified atom stereocenters. The van der Waals surface area contributed by atoms with Crippen LogP contribution in [0.5, 0.6) is 0 Å². The Morgan fingerprint density at radius 1 is 1.24 bits per heavy atom. The van der Waals surface area contributed by atoms with E-state index in [1.807, 2.05) is 30.1 Å². The second-order valence-electron chi connectivity index (χ2n) is 10.6. The largest absolute Gasteiger partial charge is 0.393 e. The van der Waals surface area contributed by atoms with Crippen LogP contribution in [0.2, 0.25) is 0 Å². The minimum atomic E-state index is -4.39. The highest BCUT2D eigenvalue weighted by molar-refractivity contribution is 7.70. The molecule has 0 bridgehead atoms. The fraction of sp³-hybridized carbons (Fsp3) is 0.429. The van der Waals surface area contributed by atoms with Gasteiger partial charge in [0.1, 0.15) is 13.3 Å². The van der Waals surface area contributed by atoms with E-state index < -0.39 is 32.0 Å². The minimum Gasteiger partial charge on any atom is -0.378 e. The average molecular weight is 564 g/mol. The smallest absolute Gasteiger partial charge is 0.378 e. The highest BCUT2D eigenvalue weighted by atomic mass is 32.1. The van der Waals surface area contributed by atoms with Gasteiger partial charge >= 0.3 is 6.18 Å². The summed E-state index contributed by atoms with van der Waals surface area (Å²) in [4.78, 5) is 2.31. The van der Waals surface area contributed by atoms with Gasteiger partial charge in [0, 0.05) is 30.5 Å². The van der Waals surface area contributed by atoms with E-state index in [2.05, 4.69) is 22.5 Å². The van der Waals surface area contributed by atoms with Gasteiger partial charge in [0.15, 0.2) is 0 Å². The van der Waals surface area contributed by atoms with Crippen LogP contribution < -0.4 is 15.9 Å². The van der Waals surface area contributed by atoms with Gasteiger partial charge in [0.2, 0.25) is 0 Å². The quantitative estimate of drug-likeness (QED) is 0.229. The van der Waals surface area contributed by atoms with E-state index >= 15 is 0 Å². The minimum absolute atomic E-state index is 0.157. The molecule has 38 heavy (non-hydrogen) atoms. The standard InChI is InChI=1S/C28H30F4N3OPS/c1-35-12-11-24(22(29)16-35)34-25-6-4-5-20-21(15-28(30,31)32)26(38-27(20)25)10-7-18-13-17-14-19(37(2,3)36)8-9-23(17)33-18/h4-6,8-9,14,18,22,24,33-34H,11-13,15-16H2,1-3H3/t18-,22+,24-/m1/s1. The lowest BCUT2D eigenvalue weighted by atomic mass is 10.0. The van der Waals surface area contributed by atoms with Gasteiger partial charge < -0.3 is 20.1 Å². The highest BCUT2D eigenvalue weighted by Crippen LogP contribution is 2.40. The summed E-state index contributed by atoms with van der Waals surface area (Å²) >= 11 is 1.22. The van der Waals surface area contributed by atoms with Gasteiger partial charge in [-0.1, -0.05) is 24.0 Å². The molecule has 5 rings (SSSR count). The number of halogens is 4. The molecule has 2 aliphatic rings. The van der Waals surface area contributed by atoms with E-state index in [9.17, 15) is 22.1 Å². The molecule has 2 aromatic carbocycles. The number of fused-ring (bicyclic) bond motifs is 2. The molecule has 3 aromatic rings. The monoisotopic (exact) mass is 563 g/mol. The maximum Gasteiger partial charge on any atom is 0.393 e. The number of thiophene rings is 1. The molecule has 10 heteroatoms. The van der Waals surface area contributed by atoms with Gasteiger partial charge in [-0.25, -0.2) is 4.39 Å². The number of anilines is 2. The van der Waals surface area contributed by atoms with Crippen LogP contribution in [-0.2, 0) is 17.4 Å². The van der Waals surface area contributed by atoms with Crippen molar-refractivity contribution in [1.29, 1.82) is 0 Å². The predicted molar refractivity (Wildman–Crippen MR) is 150 cm³/mol. The summed E-state index contributed by atoms with van der Waals surface area (Å²) in [5.74, 6) is 6.16. The maximum atomic E-state index is 14.7. The van der Waals surface area contributed by atoms with E-state index in [1.165, 1.54) is 11.3 Å². The normalized spacial score (nSPS) is 22.0. The first-order valence-corrected chi connectivity index (χ1v) is 16.0. The summed E-state index contributed by atoms with van der Waals surface area (Å²) in [6.45, 7) is 4.52. The first-order valence-electron chi connectivity index (χ1n) is 12.5. The third-order valence-corrected chi connectivity index (χ3v) is 9.82. The van der Waals surface area contributed by atoms with E-state index in [4.69, 9.17) is 0 Å². The number of hydrogen-bond donors (Lipinski definition) is 2. The summed E-state index contributed by atoms with van der Waals surface area (Å²) in [6.07, 6.45) is -5.34. The van der Waals surface area contributed by atoms with Crippen LogP contribution in [0.3, 0.4) is 0 Å². The zero-order valence-electron chi connectivity index (χ0n) is 21.5. The van der Waals surface area contributed by atoms with Crippen molar-refractivity contribution in [1.82, 2.24) is 4.90 Å². The Morgan fingerprint density at radius 3 is 2.74 bits per heavy atom. The number of nitrogens with one attached hydrogen (secondary N) is 2. The van der Waals surface area contributed by atoms with Crippen LogP contribution in [0.15, 0.2) is 36.4 Å². The lowest BCUT2D eigenvalue weighted by Gasteiger charge is -2.33. The second kappa shape index (κ2) is 10.2. The Balaban J connectivity index is 1.46. The molecular weight excluding hydrogens is 533 g/mol. The molecule has 4 nitrogen and oxygen atoms in total. The molecule has 1 saturated heterocycles. The van der Waals surface area contributed by atoms with Crippen LogP contribution in [-0.4, -0.2) is 62.8 Å². The Morgan fingerprint density at radius 2 is 2.03 bits per heavy atom. The van der Waals surface area contributed by atoms with Crippen LogP contribution in [0.1, 0.15) is 22.4 Å². The molecule has 1 aromatic heterocycles. The summed E-state index contributed by atoms with van der Waals surface area (Å²) in [5.41, 5.74) is 2.70. The highest BCUT2D eigenvalue weighted by Gasteiger charge is 2.32. The van der Waals surface area contributed by atoms with Gasteiger partial charge in [-0.05, 0) is 67.6 Å². The van der Waals surface area contributed by atoms with Gasteiger partial charge in [-0.2, -0.15) is 13.2 Å². The fourth-order valence-electron chi connectivity index (χ4n) is 5.10. The molecule has 2 aliphatic heterocycles. The summed E-state index contributed by atoms with van der Waals surface area (Å²) < 4.78 is 68.6. The van der Waals surface area contributed by atoms with Crippen molar-refractivity contribution in [2.24, 2.45) is 0 Å². The van der Waals surface area contributed by atoms with Gasteiger partial charge in [-0.3, -0.25) is 0 Å². The fourth-order valence-corrected chi connectivity index (χ4v) is 7.16. The second-order valence-corrected chi connectivity index (χ2v) is 14.8. The lowest BCUT2D eigenvalue weighted by molar-refractivity contribution is -0.126. The molecule has 0 amide bonds. The number of nitrogens with zero attached hydrogens (tertiary/aromatic N) is 1. The van der Waals surface area contributed by atoms with Crippen LogP contribution >= 0.6 is 18.5 Å². The van der Waals surface area contributed by atoms with Crippen molar-refractivity contribution < 1.29 is 22.1 Å². The zero-order chi connectivity index (χ0) is 27.2. The van der Waals surface area contributed by atoms with Crippen molar-refractivity contribution >= 4 is 45.2 Å². The molecule has 0 radical (unpaired) electrons. The first kappa shape index (κ1) is 27.1. The topological polar surface area (TPSA) is 44.4 Å². The number of likely N-dealkylation sites (tertiary alicyclic amines) is 1. The van der Waals surface area contributed by atoms with Gasteiger partial charge in [-0.15, -0.1) is 11.3 Å². The first-order chi connectivity index (χ1) is 17.9. The van der Waals surface area contributed by atoms with Crippen molar-refractivity contribution in [3.8, 4) is 11.8 Å². The van der Waals surface area contributed by atoms with Crippen molar-refractivity contribution in [2.45, 2.75) is 43.7 Å². The van der Waals surface area contributed by atoms with Crippen LogP contribution in [0.4, 0.5) is 28.9 Å². The van der Waals surface area contributed by atoms with Gasteiger partial charge in [0.25, 0.3) is 0 Å². The Hall–Kier alpha value is -2.53. The zero-order valence-corrected chi connectivity index (χ0v) is 23.2. The lowest BCUT2D eigenvalue weighted by Crippen LogP contribution is -2.46. The Kier molecular flexibility index (Phi) is 7.28. The van der Waals surface area contributed by atoms with E-state index in [0.29, 0.717) is 40.0 Å². The number of rotatable bonds is 4. The van der Waals surface area contributed by atoms with Gasteiger partial charge in [0.05, 0.1) is 33.8 Å². The molecule has 202 valence electrons. The molecule has 0 aliphatic carbocycles. The van der Waals surface area contributed by atoms with Crippen LogP contribution in [0, 0.1) is 11.8 Å². The summed E-state index contributed by atoms with van der Waals surface area (Å²) in [6, 6.07) is 10.2. The molecule has 2 N–H and O–H groups in total. The SMILES string of the molecule is CN1CC[C@@H](Nc2cccc3c(CC(F)(F)F)c(C#C[C@@H]4Cc5cc(P(C)(C)=O)ccc5N4)sc23)[C@@H](F)C1. The number of piperidine rings is 1. The van der Waals surface area contributed by atoms with Crippen molar-refractivity contribution in [3.63, 3.8) is 0 Å². The Bertz CT molecular complexity index is 1470. The molecule has 1 fully saturated rings. The molecule has 3 atom stereocenters. The summed E-state index contributed by atoms with van der Waals surface area (Å²) in [7, 11) is -0.528. The molecule has 3 heterocycles. The van der Waals surface area contributed by atoms with E-state index in [-0.39, 0.29) is 11.6 Å². The third kappa shape index (κ3) is 5.88. The average Bonchev–Trinajstić information content (AvgIpc) is 3.39. The molecule has 0 saturated carbocycles. The van der Waals surface area contributed by atoms with E-state index in [0.717, 1.165) is 23.1 Å². The third-order valence-electron chi connectivity index (χ3n) is 7.11. The Labute approximate surface area is 224 Å². The van der Waals surface area contributed by atoms with E-state index in [1.54, 1.807) is 31.5 Å². The van der Waals surface area contributed by atoms with Crippen LogP contribution in [0.25, 0.3) is 10.1 Å². The van der Waals surface area contributed by atoms with Crippen molar-refractivity contribution in [2.75, 3.05) is 44.1 Å². The number of hydrogen-bond acceptors (Lipinski definition) is 5. The predicted octanol–water partition coefficient (Wildman–Crippen LogP) is 6.10. The molecule has 0 spiro atoms. The van der Waals surface area contributed by atoms with Crippen molar-refractivity contribution in [3.05, 3.63) is 52.4 Å². The molecular formula is C28H30F4N3OPS.